The molecule has 0 aliphatic carbocycles. The summed E-state index contributed by atoms with van der Waals surface area (Å²) in [6, 6.07) is 0.947. The molecule has 0 heterocycles. The SMILES string of the molecule is NS(=O)(=O)c1cc(C(=O)NCC(F)(F)F)c(Cl)cc1F. The third-order valence-corrected chi connectivity index (χ3v) is 3.26. The molecular formula is C9H7ClF4N2O3S. The zero-order valence-electron chi connectivity index (χ0n) is 9.46. The van der Waals surface area contributed by atoms with Gasteiger partial charge in [0.2, 0.25) is 10.0 Å². The van der Waals surface area contributed by atoms with Crippen LogP contribution in [0.5, 0.6) is 0 Å². The number of primary sulfonamides is 1. The molecular weight excluding hydrogens is 328 g/mol. The summed E-state index contributed by atoms with van der Waals surface area (Å²) in [5, 5.41) is 5.62. The fourth-order valence-corrected chi connectivity index (χ4v) is 2.05. The number of alkyl halides is 3. The summed E-state index contributed by atoms with van der Waals surface area (Å²) in [5.74, 6) is -2.62. The molecule has 20 heavy (non-hydrogen) atoms. The minimum absolute atomic E-state index is 0.471. The van der Waals surface area contributed by atoms with Gasteiger partial charge < -0.3 is 5.32 Å². The Morgan fingerprint density at radius 2 is 1.90 bits per heavy atom. The van der Waals surface area contributed by atoms with E-state index in [4.69, 9.17) is 16.7 Å². The molecule has 1 rings (SSSR count). The van der Waals surface area contributed by atoms with Gasteiger partial charge in [-0.2, -0.15) is 13.2 Å². The summed E-state index contributed by atoms with van der Waals surface area (Å²) >= 11 is 5.48. The molecule has 0 spiro atoms. The first-order chi connectivity index (χ1) is 8.92. The number of benzene rings is 1. The number of nitrogens with one attached hydrogen (secondary N) is 1. The molecule has 0 saturated carbocycles. The second-order valence-electron chi connectivity index (χ2n) is 3.61. The van der Waals surface area contributed by atoms with Crippen LogP contribution in [0.15, 0.2) is 17.0 Å². The van der Waals surface area contributed by atoms with Gasteiger partial charge in [-0.1, -0.05) is 11.6 Å². The Hall–Kier alpha value is -1.39. The van der Waals surface area contributed by atoms with E-state index in [0.29, 0.717) is 12.1 Å². The highest BCUT2D eigenvalue weighted by Gasteiger charge is 2.29. The molecule has 0 aliphatic rings. The third-order valence-electron chi connectivity index (χ3n) is 2.02. The zero-order valence-corrected chi connectivity index (χ0v) is 11.0. The topological polar surface area (TPSA) is 89.3 Å². The summed E-state index contributed by atoms with van der Waals surface area (Å²) in [6.45, 7) is -1.65. The van der Waals surface area contributed by atoms with E-state index in [0.717, 1.165) is 0 Å². The molecule has 3 N–H and O–H groups in total. The standard InChI is InChI=1S/C9H7ClF4N2O3S/c10-5-2-6(11)7(20(15,18)19)1-4(5)8(17)16-3-9(12,13)14/h1-2H,3H2,(H,16,17)(H2,15,18,19). The quantitative estimate of drug-likeness (QED) is 0.819. The Bertz CT molecular complexity index is 645. The number of halogens is 5. The predicted molar refractivity (Wildman–Crippen MR) is 61.2 cm³/mol. The number of nitrogens with two attached hydrogens (primary N) is 1. The summed E-state index contributed by atoms with van der Waals surface area (Å²) in [4.78, 5) is 10.4. The van der Waals surface area contributed by atoms with Crippen LogP contribution in [0.25, 0.3) is 0 Å². The number of hydrogen-bond acceptors (Lipinski definition) is 3. The molecule has 112 valence electrons. The lowest BCUT2D eigenvalue weighted by molar-refractivity contribution is -0.123. The molecule has 0 aromatic heterocycles. The van der Waals surface area contributed by atoms with E-state index in [2.05, 4.69) is 0 Å². The van der Waals surface area contributed by atoms with Crippen molar-refractivity contribution in [2.45, 2.75) is 11.1 Å². The maximum atomic E-state index is 13.3. The number of sulfonamides is 1. The van der Waals surface area contributed by atoms with Crippen LogP contribution in [0.4, 0.5) is 17.6 Å². The number of hydrogen-bond donors (Lipinski definition) is 2. The fraction of sp³-hybridized carbons (Fsp3) is 0.222. The average molecular weight is 335 g/mol. The minimum atomic E-state index is -4.66. The largest absolute Gasteiger partial charge is 0.405 e. The molecule has 1 aromatic carbocycles. The summed E-state index contributed by atoms with van der Waals surface area (Å²) < 4.78 is 71.2. The lowest BCUT2D eigenvalue weighted by Crippen LogP contribution is -2.34. The van der Waals surface area contributed by atoms with Crippen molar-refractivity contribution < 1.29 is 30.8 Å². The van der Waals surface area contributed by atoms with Crippen molar-refractivity contribution in [3.05, 3.63) is 28.5 Å². The molecule has 0 bridgehead atoms. The van der Waals surface area contributed by atoms with E-state index in [1.807, 2.05) is 0 Å². The highest BCUT2D eigenvalue weighted by atomic mass is 35.5. The van der Waals surface area contributed by atoms with Gasteiger partial charge in [-0.15, -0.1) is 0 Å². The van der Waals surface area contributed by atoms with Crippen molar-refractivity contribution in [1.82, 2.24) is 5.32 Å². The molecule has 5 nitrogen and oxygen atoms in total. The molecule has 0 saturated heterocycles. The van der Waals surface area contributed by atoms with E-state index >= 15 is 0 Å². The first-order valence-electron chi connectivity index (χ1n) is 4.78. The monoisotopic (exact) mass is 334 g/mol. The van der Waals surface area contributed by atoms with Gasteiger partial charge in [0.25, 0.3) is 5.91 Å². The van der Waals surface area contributed by atoms with Gasteiger partial charge in [-0.3, -0.25) is 4.79 Å². The average Bonchev–Trinajstić information content (AvgIpc) is 2.23. The Morgan fingerprint density at radius 3 is 2.35 bits per heavy atom. The van der Waals surface area contributed by atoms with Crippen molar-refractivity contribution in [1.29, 1.82) is 0 Å². The summed E-state index contributed by atoms with van der Waals surface area (Å²) in [7, 11) is -4.49. The van der Waals surface area contributed by atoms with Gasteiger partial charge >= 0.3 is 6.18 Å². The predicted octanol–water partition coefficient (Wildman–Crippen LogP) is 1.42. The maximum Gasteiger partial charge on any atom is 0.405 e. The number of amides is 1. The van der Waals surface area contributed by atoms with Crippen LogP contribution in [-0.4, -0.2) is 27.0 Å². The van der Waals surface area contributed by atoms with Crippen LogP contribution >= 0.6 is 11.6 Å². The Morgan fingerprint density at radius 1 is 1.35 bits per heavy atom. The minimum Gasteiger partial charge on any atom is -0.343 e. The van der Waals surface area contributed by atoms with E-state index in [1.54, 1.807) is 0 Å². The van der Waals surface area contributed by atoms with Crippen LogP contribution < -0.4 is 10.5 Å². The van der Waals surface area contributed by atoms with Gasteiger partial charge in [0.05, 0.1) is 10.6 Å². The second-order valence-corrected chi connectivity index (χ2v) is 5.54. The lowest BCUT2D eigenvalue weighted by atomic mass is 10.2. The normalized spacial score (nSPS) is 12.3. The smallest absolute Gasteiger partial charge is 0.343 e. The molecule has 0 unspecified atom stereocenters. The molecule has 11 heteroatoms. The second kappa shape index (κ2) is 5.54. The van der Waals surface area contributed by atoms with Crippen molar-refractivity contribution in [3.63, 3.8) is 0 Å². The van der Waals surface area contributed by atoms with Crippen LogP contribution in [0, 0.1) is 5.82 Å². The Labute approximate surface area is 115 Å². The van der Waals surface area contributed by atoms with E-state index in [9.17, 15) is 30.8 Å². The Balaban J connectivity index is 3.16. The molecule has 0 aliphatic heterocycles. The summed E-state index contributed by atoms with van der Waals surface area (Å²) in [6.07, 6.45) is -4.66. The molecule has 0 fully saturated rings. The molecule has 0 radical (unpaired) electrons. The number of rotatable bonds is 3. The first-order valence-corrected chi connectivity index (χ1v) is 6.71. The van der Waals surface area contributed by atoms with E-state index < -0.39 is 50.0 Å². The van der Waals surface area contributed by atoms with E-state index in [1.165, 1.54) is 5.32 Å². The fourth-order valence-electron chi connectivity index (χ4n) is 1.20. The van der Waals surface area contributed by atoms with Gasteiger partial charge in [0, 0.05) is 0 Å². The van der Waals surface area contributed by atoms with Gasteiger partial charge in [-0.05, 0) is 12.1 Å². The van der Waals surface area contributed by atoms with Crippen molar-refractivity contribution in [2.24, 2.45) is 5.14 Å². The Kier molecular flexibility index (Phi) is 4.62. The van der Waals surface area contributed by atoms with E-state index in [-0.39, 0.29) is 0 Å². The maximum absolute atomic E-state index is 13.3. The van der Waals surface area contributed by atoms with Crippen LogP contribution in [0.3, 0.4) is 0 Å². The third kappa shape index (κ3) is 4.32. The van der Waals surface area contributed by atoms with Crippen LogP contribution in [0.1, 0.15) is 10.4 Å². The molecule has 1 amide bonds. The highest BCUT2D eigenvalue weighted by molar-refractivity contribution is 7.89. The molecule has 1 aromatic rings. The van der Waals surface area contributed by atoms with Crippen molar-refractivity contribution >= 4 is 27.5 Å². The number of carbonyl (C=O) groups is 1. The van der Waals surface area contributed by atoms with Gasteiger partial charge in [0.15, 0.2) is 0 Å². The first kappa shape index (κ1) is 16.7. The molecule has 0 atom stereocenters. The summed E-state index contributed by atoms with van der Waals surface area (Å²) in [5.41, 5.74) is -0.638. The highest BCUT2D eigenvalue weighted by Crippen LogP contribution is 2.23. The van der Waals surface area contributed by atoms with Crippen LogP contribution in [-0.2, 0) is 10.0 Å². The van der Waals surface area contributed by atoms with Crippen LogP contribution in [0.2, 0.25) is 5.02 Å². The van der Waals surface area contributed by atoms with Gasteiger partial charge in [-0.25, -0.2) is 17.9 Å². The van der Waals surface area contributed by atoms with Gasteiger partial charge in [0.1, 0.15) is 17.3 Å². The van der Waals surface area contributed by atoms with Crippen molar-refractivity contribution in [2.75, 3.05) is 6.54 Å². The number of carbonyl (C=O) groups excluding carboxylic acids is 1. The zero-order chi connectivity index (χ0) is 15.7. The lowest BCUT2D eigenvalue weighted by Gasteiger charge is -2.10. The van der Waals surface area contributed by atoms with Crippen molar-refractivity contribution in [3.8, 4) is 0 Å².